The van der Waals surface area contributed by atoms with Gasteiger partial charge < -0.3 is 12.4 Å². The first-order chi connectivity index (χ1) is 17.9. The molecule has 4 aromatic rings. The molecule has 6 rings (SSSR count). The van der Waals surface area contributed by atoms with Crippen molar-refractivity contribution in [1.82, 2.24) is 0 Å². The maximum absolute atomic E-state index is 2.23. The molecule has 0 N–H and O–H groups in total. The van der Waals surface area contributed by atoms with E-state index >= 15 is 0 Å². The van der Waals surface area contributed by atoms with Crippen LogP contribution in [0.25, 0.3) is 0 Å². The molecular weight excluding hydrogens is 565 g/mol. The molecule has 10 radical (unpaired) electrons. The van der Waals surface area contributed by atoms with Crippen molar-refractivity contribution >= 4 is 37.1 Å². The molecule has 0 amide bonds. The van der Waals surface area contributed by atoms with E-state index in [1.54, 1.807) is 0 Å². The minimum absolute atomic E-state index is 0. The summed E-state index contributed by atoms with van der Waals surface area (Å²) in [6, 6.07) is 43.1. The van der Waals surface area contributed by atoms with Crippen molar-refractivity contribution in [2.24, 2.45) is 0 Å². The van der Waals surface area contributed by atoms with E-state index in [4.69, 9.17) is 0 Å². The minimum Gasteiger partial charge on any atom is -1.00 e. The summed E-state index contributed by atoms with van der Waals surface area (Å²) in [5.74, 6) is 0. The second-order valence-electron chi connectivity index (χ2n) is 8.30. The Morgan fingerprint density at radius 1 is 0.316 bits per heavy atom. The van der Waals surface area contributed by atoms with Gasteiger partial charge in [0.1, 0.15) is 0 Å². The Morgan fingerprint density at radius 3 is 0.737 bits per heavy atom. The second kappa shape index (κ2) is 16.6. The summed E-state index contributed by atoms with van der Waals surface area (Å²) in [5, 5.41) is 5.63. The van der Waals surface area contributed by atoms with E-state index in [9.17, 15) is 0 Å². The molecule has 38 heavy (non-hydrogen) atoms. The molecular formula is C34H28ClCoP2+2. The van der Waals surface area contributed by atoms with Crippen LogP contribution in [-0.2, 0) is 16.8 Å². The Hall–Kier alpha value is -1.46. The van der Waals surface area contributed by atoms with Gasteiger partial charge in [-0.2, -0.15) is 0 Å². The van der Waals surface area contributed by atoms with Crippen molar-refractivity contribution in [3.63, 3.8) is 0 Å². The Kier molecular flexibility index (Phi) is 13.6. The molecule has 0 nitrogen and oxygen atoms in total. The number of benzene rings is 4. The van der Waals surface area contributed by atoms with Gasteiger partial charge in [0.15, 0.2) is 0 Å². The molecule has 0 aromatic heterocycles. The zero-order valence-electron chi connectivity index (χ0n) is 20.8. The third-order valence-electron chi connectivity index (χ3n) is 5.86. The molecule has 0 heterocycles. The van der Waals surface area contributed by atoms with E-state index in [2.05, 4.69) is 173 Å². The summed E-state index contributed by atoms with van der Waals surface area (Å²) in [7, 11) is -0.818. The quantitative estimate of drug-likeness (QED) is 0.298. The molecule has 0 saturated heterocycles. The molecule has 2 aliphatic rings. The summed E-state index contributed by atoms with van der Waals surface area (Å²) in [6.45, 7) is 0. The molecule has 2 saturated carbocycles. The monoisotopic (exact) mass is 592 g/mol. The van der Waals surface area contributed by atoms with E-state index in [1.807, 2.05) is 0 Å². The van der Waals surface area contributed by atoms with Gasteiger partial charge in [-0.15, -0.1) is 0 Å². The van der Waals surface area contributed by atoms with Crippen LogP contribution in [0.5, 0.6) is 0 Å². The van der Waals surface area contributed by atoms with Crippen molar-refractivity contribution in [2.75, 3.05) is 0 Å². The standard InChI is InChI=1S/2C17H14P.ClH.Co/c2*1-3-9-15(10-4-1)18(17-13-7-8-14-17)16-11-5-2-6-12-16;;/h2*1-14H;1H;/q;;;+3/p-1. The smallest absolute Gasteiger partial charge is 1.00 e. The zero-order chi connectivity index (χ0) is 24.4. The summed E-state index contributed by atoms with van der Waals surface area (Å²) in [6.07, 6.45) is 17.4. The third-order valence-corrected chi connectivity index (χ3v) is 10.8. The first kappa shape index (κ1) is 31.1. The van der Waals surface area contributed by atoms with Crippen LogP contribution in [-0.4, -0.2) is 0 Å². The van der Waals surface area contributed by atoms with Crippen molar-refractivity contribution < 1.29 is 29.2 Å². The molecule has 0 unspecified atom stereocenters. The molecule has 2 fully saturated rings. The Labute approximate surface area is 249 Å². The van der Waals surface area contributed by atoms with Crippen LogP contribution in [0.1, 0.15) is 0 Å². The Bertz CT molecular complexity index is 972. The fraction of sp³-hybridized carbons (Fsp3) is 0. The molecule has 2 aliphatic carbocycles. The topological polar surface area (TPSA) is 0 Å². The van der Waals surface area contributed by atoms with Gasteiger partial charge in [0.25, 0.3) is 0 Å². The summed E-state index contributed by atoms with van der Waals surface area (Å²) in [5.41, 5.74) is 2.84. The SMILES string of the molecule is [CH]1[CH][CH][C](P(c2ccccc2)c2ccccc2)[CH]1.[CH]1[CH][CH][C](P(c2ccccc2)c2ccccc2)[CH]1.[Cl-].[Co+3]. The molecule has 0 spiro atoms. The second-order valence-corrected chi connectivity index (χ2v) is 12.7. The van der Waals surface area contributed by atoms with E-state index < -0.39 is 15.8 Å². The predicted octanol–water partition coefficient (Wildman–Crippen LogP) is 3.97. The van der Waals surface area contributed by atoms with E-state index in [0.717, 1.165) is 0 Å². The van der Waals surface area contributed by atoms with Gasteiger partial charge in [0.2, 0.25) is 0 Å². The summed E-state index contributed by atoms with van der Waals surface area (Å²) in [4.78, 5) is 0. The first-order valence-corrected chi connectivity index (χ1v) is 14.8. The van der Waals surface area contributed by atoms with Crippen molar-refractivity contribution in [2.45, 2.75) is 0 Å². The van der Waals surface area contributed by atoms with Crippen LogP contribution in [0.3, 0.4) is 0 Å². The Balaban J connectivity index is 0.000000200. The average molecular weight is 593 g/mol. The minimum atomic E-state index is -0.409. The molecule has 4 heteroatoms. The molecule has 4 aromatic carbocycles. The van der Waals surface area contributed by atoms with Gasteiger partial charge in [-0.25, -0.2) is 0 Å². The van der Waals surface area contributed by atoms with Gasteiger partial charge in [0.05, 0.1) is 0 Å². The largest absolute Gasteiger partial charge is 3.00 e. The maximum Gasteiger partial charge on any atom is 3.00 e. The van der Waals surface area contributed by atoms with Gasteiger partial charge in [-0.3, -0.25) is 0 Å². The number of hydrogen-bond donors (Lipinski definition) is 0. The summed E-state index contributed by atoms with van der Waals surface area (Å²) >= 11 is 0. The average Bonchev–Trinajstić information content (AvgIpc) is 3.68. The number of hydrogen-bond acceptors (Lipinski definition) is 0. The summed E-state index contributed by atoms with van der Waals surface area (Å²) < 4.78 is 0. The van der Waals surface area contributed by atoms with Gasteiger partial charge in [-0.1, -0.05) is 121 Å². The van der Waals surface area contributed by atoms with E-state index in [0.29, 0.717) is 0 Å². The fourth-order valence-corrected chi connectivity index (χ4v) is 8.84. The number of rotatable bonds is 6. The van der Waals surface area contributed by atoms with Crippen molar-refractivity contribution in [3.8, 4) is 0 Å². The van der Waals surface area contributed by atoms with Crippen molar-refractivity contribution in [1.29, 1.82) is 0 Å². The predicted molar refractivity (Wildman–Crippen MR) is 159 cm³/mol. The van der Waals surface area contributed by atoms with Crippen LogP contribution < -0.4 is 33.6 Å². The normalized spacial score (nSPS) is 15.4. The molecule has 0 aliphatic heterocycles. The maximum atomic E-state index is 2.23. The van der Waals surface area contributed by atoms with Crippen molar-refractivity contribution in [3.05, 3.63) is 184 Å². The molecule has 0 bridgehead atoms. The van der Waals surface area contributed by atoms with Gasteiger partial charge in [-0.05, 0) is 88.4 Å². The third kappa shape index (κ3) is 8.27. The van der Waals surface area contributed by atoms with Crippen LogP contribution in [0.2, 0.25) is 0 Å². The molecule has 0 atom stereocenters. The van der Waals surface area contributed by atoms with Crippen LogP contribution in [0.4, 0.5) is 0 Å². The first-order valence-electron chi connectivity index (χ1n) is 12.1. The number of halogens is 1. The van der Waals surface area contributed by atoms with Crippen LogP contribution >= 0.6 is 15.8 Å². The Morgan fingerprint density at radius 2 is 0.526 bits per heavy atom. The van der Waals surface area contributed by atoms with Crippen LogP contribution in [0, 0.1) is 62.7 Å². The zero-order valence-corrected chi connectivity index (χ0v) is 24.4. The van der Waals surface area contributed by atoms with Gasteiger partial charge in [0, 0.05) is 11.3 Å². The van der Waals surface area contributed by atoms with E-state index in [1.165, 1.54) is 32.5 Å². The van der Waals surface area contributed by atoms with Gasteiger partial charge >= 0.3 is 16.8 Å². The van der Waals surface area contributed by atoms with E-state index in [-0.39, 0.29) is 29.2 Å². The van der Waals surface area contributed by atoms with Crippen LogP contribution in [0.15, 0.2) is 121 Å². The molecule has 188 valence electrons. The fourth-order valence-electron chi connectivity index (χ4n) is 4.23.